The van der Waals surface area contributed by atoms with E-state index in [0.717, 1.165) is 12.8 Å². The number of carbonyl (C=O) groups is 2. The predicted molar refractivity (Wildman–Crippen MR) is 64.5 cm³/mol. The van der Waals surface area contributed by atoms with E-state index < -0.39 is 0 Å². The number of ketones is 2. The van der Waals surface area contributed by atoms with Gasteiger partial charge >= 0.3 is 0 Å². The number of unbranched alkanes of at least 4 members (excludes halogenated alkanes) is 1. The van der Waals surface area contributed by atoms with E-state index in [4.69, 9.17) is 0 Å². The average Bonchev–Trinajstić information content (AvgIpc) is 2.34. The quantitative estimate of drug-likeness (QED) is 0.678. The summed E-state index contributed by atoms with van der Waals surface area (Å²) < 4.78 is 12.6. The summed E-state index contributed by atoms with van der Waals surface area (Å²) in [6, 6.07) is 5.42. The minimum Gasteiger partial charge on any atom is -0.300 e. The molecule has 1 aromatic carbocycles. The van der Waals surface area contributed by atoms with Crippen LogP contribution in [0.15, 0.2) is 24.3 Å². The van der Waals surface area contributed by atoms with Crippen LogP contribution in [0, 0.1) is 5.82 Å². The largest absolute Gasteiger partial charge is 0.300 e. The van der Waals surface area contributed by atoms with Gasteiger partial charge in [-0.15, -0.1) is 0 Å². The van der Waals surface area contributed by atoms with Crippen molar-refractivity contribution in [1.82, 2.24) is 0 Å². The SMILES string of the molecule is CCCCC(=O)CCC(=O)c1ccc(F)cc1. The van der Waals surface area contributed by atoms with Crippen LogP contribution in [0.25, 0.3) is 0 Å². The molecule has 0 bridgehead atoms. The molecule has 17 heavy (non-hydrogen) atoms. The van der Waals surface area contributed by atoms with Gasteiger partial charge in [0, 0.05) is 24.8 Å². The van der Waals surface area contributed by atoms with Gasteiger partial charge in [0.15, 0.2) is 5.78 Å². The first kappa shape index (κ1) is 13.6. The third kappa shape index (κ3) is 4.89. The van der Waals surface area contributed by atoms with E-state index in [-0.39, 0.29) is 30.2 Å². The van der Waals surface area contributed by atoms with E-state index in [0.29, 0.717) is 12.0 Å². The fraction of sp³-hybridized carbons (Fsp3) is 0.429. The first-order valence-electron chi connectivity index (χ1n) is 5.94. The Morgan fingerprint density at radius 1 is 1.06 bits per heavy atom. The molecule has 1 rings (SSSR count). The highest BCUT2D eigenvalue weighted by Crippen LogP contribution is 2.09. The second-order valence-electron chi connectivity index (χ2n) is 4.07. The number of carbonyl (C=O) groups excluding carboxylic acids is 2. The molecule has 0 radical (unpaired) electrons. The minimum atomic E-state index is -0.361. The van der Waals surface area contributed by atoms with Crippen LogP contribution in [-0.4, -0.2) is 11.6 Å². The van der Waals surface area contributed by atoms with Gasteiger partial charge in [-0.2, -0.15) is 0 Å². The Kier molecular flexibility index (Phi) is 5.53. The molecular weight excluding hydrogens is 219 g/mol. The van der Waals surface area contributed by atoms with Gasteiger partial charge in [-0.25, -0.2) is 4.39 Å². The molecule has 0 spiro atoms. The number of hydrogen-bond acceptors (Lipinski definition) is 2. The smallest absolute Gasteiger partial charge is 0.163 e. The molecule has 0 N–H and O–H groups in total. The van der Waals surface area contributed by atoms with Gasteiger partial charge in [-0.3, -0.25) is 9.59 Å². The fourth-order valence-electron chi connectivity index (χ4n) is 1.53. The van der Waals surface area contributed by atoms with Crippen LogP contribution in [0.3, 0.4) is 0 Å². The van der Waals surface area contributed by atoms with E-state index in [9.17, 15) is 14.0 Å². The lowest BCUT2D eigenvalue weighted by Gasteiger charge is -2.01. The number of Topliss-reactive ketones (excluding diaryl/α,β-unsaturated/α-hetero) is 2. The van der Waals surface area contributed by atoms with Gasteiger partial charge in [-0.1, -0.05) is 13.3 Å². The molecule has 0 unspecified atom stereocenters. The summed E-state index contributed by atoms with van der Waals surface area (Å²) in [4.78, 5) is 23.0. The van der Waals surface area contributed by atoms with E-state index in [1.807, 2.05) is 6.92 Å². The van der Waals surface area contributed by atoms with E-state index in [2.05, 4.69) is 0 Å². The van der Waals surface area contributed by atoms with Gasteiger partial charge in [0.2, 0.25) is 0 Å². The summed E-state index contributed by atoms with van der Waals surface area (Å²) in [5.74, 6) is -0.335. The maximum Gasteiger partial charge on any atom is 0.163 e. The molecule has 92 valence electrons. The van der Waals surface area contributed by atoms with Crippen LogP contribution in [0.5, 0.6) is 0 Å². The molecular formula is C14H17FO2. The topological polar surface area (TPSA) is 34.1 Å². The van der Waals surface area contributed by atoms with E-state index in [1.54, 1.807) is 0 Å². The molecule has 2 nitrogen and oxygen atoms in total. The normalized spacial score (nSPS) is 10.2. The minimum absolute atomic E-state index is 0.102. The lowest BCUT2D eigenvalue weighted by atomic mass is 10.0. The van der Waals surface area contributed by atoms with Crippen LogP contribution >= 0.6 is 0 Å². The van der Waals surface area contributed by atoms with Gasteiger partial charge in [0.05, 0.1) is 0 Å². The Labute approximate surface area is 101 Å². The average molecular weight is 236 g/mol. The van der Waals surface area contributed by atoms with Gasteiger partial charge in [-0.05, 0) is 30.7 Å². The van der Waals surface area contributed by atoms with Gasteiger partial charge < -0.3 is 0 Å². The Morgan fingerprint density at radius 2 is 1.71 bits per heavy atom. The van der Waals surface area contributed by atoms with E-state index in [1.165, 1.54) is 24.3 Å². The van der Waals surface area contributed by atoms with Crippen LogP contribution in [0.2, 0.25) is 0 Å². The first-order valence-corrected chi connectivity index (χ1v) is 5.94. The Balaban J connectivity index is 2.39. The number of benzene rings is 1. The molecule has 0 aliphatic heterocycles. The highest BCUT2D eigenvalue weighted by molar-refractivity contribution is 5.98. The summed E-state index contributed by atoms with van der Waals surface area (Å²) in [6.45, 7) is 2.02. The molecule has 3 heteroatoms. The summed E-state index contributed by atoms with van der Waals surface area (Å²) in [5, 5.41) is 0. The maximum atomic E-state index is 12.6. The lowest BCUT2D eigenvalue weighted by Crippen LogP contribution is -2.04. The van der Waals surface area contributed by atoms with Crippen molar-refractivity contribution in [2.45, 2.75) is 39.0 Å². The number of halogens is 1. The summed E-state index contributed by atoms with van der Waals surface area (Å²) in [6.07, 6.45) is 2.92. The third-order valence-corrected chi connectivity index (χ3v) is 2.61. The predicted octanol–water partition coefficient (Wildman–Crippen LogP) is 3.55. The second kappa shape index (κ2) is 6.94. The Bertz CT molecular complexity index is 382. The van der Waals surface area contributed by atoms with Crippen molar-refractivity contribution in [3.8, 4) is 0 Å². The summed E-state index contributed by atoms with van der Waals surface area (Å²) in [7, 11) is 0. The van der Waals surface area contributed by atoms with Crippen molar-refractivity contribution in [3.63, 3.8) is 0 Å². The van der Waals surface area contributed by atoms with Gasteiger partial charge in [0.25, 0.3) is 0 Å². The Hall–Kier alpha value is -1.51. The highest BCUT2D eigenvalue weighted by Gasteiger charge is 2.09. The van der Waals surface area contributed by atoms with Crippen molar-refractivity contribution in [1.29, 1.82) is 0 Å². The van der Waals surface area contributed by atoms with Crippen LogP contribution in [-0.2, 0) is 4.79 Å². The lowest BCUT2D eigenvalue weighted by molar-refractivity contribution is -0.119. The molecule has 1 aromatic rings. The van der Waals surface area contributed by atoms with Crippen molar-refractivity contribution < 1.29 is 14.0 Å². The van der Waals surface area contributed by atoms with Crippen molar-refractivity contribution in [2.24, 2.45) is 0 Å². The van der Waals surface area contributed by atoms with Crippen molar-refractivity contribution >= 4 is 11.6 Å². The van der Waals surface area contributed by atoms with Crippen molar-refractivity contribution in [3.05, 3.63) is 35.6 Å². The van der Waals surface area contributed by atoms with Crippen LogP contribution in [0.1, 0.15) is 49.4 Å². The molecule has 0 aromatic heterocycles. The third-order valence-electron chi connectivity index (χ3n) is 2.61. The van der Waals surface area contributed by atoms with Crippen molar-refractivity contribution in [2.75, 3.05) is 0 Å². The summed E-state index contributed by atoms with van der Waals surface area (Å²) >= 11 is 0. The van der Waals surface area contributed by atoms with Crippen LogP contribution < -0.4 is 0 Å². The zero-order chi connectivity index (χ0) is 12.7. The van der Waals surface area contributed by atoms with Gasteiger partial charge in [0.1, 0.15) is 11.6 Å². The fourth-order valence-corrected chi connectivity index (χ4v) is 1.53. The zero-order valence-corrected chi connectivity index (χ0v) is 10.0. The molecule has 0 atom stereocenters. The molecule has 0 saturated heterocycles. The molecule has 0 aliphatic carbocycles. The molecule has 0 aliphatic rings. The molecule has 0 heterocycles. The molecule has 0 fully saturated rings. The number of hydrogen-bond donors (Lipinski definition) is 0. The summed E-state index contributed by atoms with van der Waals surface area (Å²) in [5.41, 5.74) is 0.467. The zero-order valence-electron chi connectivity index (χ0n) is 10.0. The second-order valence-corrected chi connectivity index (χ2v) is 4.07. The van der Waals surface area contributed by atoms with E-state index >= 15 is 0 Å². The number of rotatable bonds is 7. The monoisotopic (exact) mass is 236 g/mol. The standard InChI is InChI=1S/C14H17FO2/c1-2-3-4-13(16)9-10-14(17)11-5-7-12(15)8-6-11/h5-8H,2-4,9-10H2,1H3. The first-order chi connectivity index (χ1) is 8.13. The molecule has 0 saturated carbocycles. The van der Waals surface area contributed by atoms with Crippen LogP contribution in [0.4, 0.5) is 4.39 Å². The molecule has 0 amide bonds. The maximum absolute atomic E-state index is 12.6. The highest BCUT2D eigenvalue weighted by atomic mass is 19.1. The Morgan fingerprint density at radius 3 is 2.29 bits per heavy atom.